The predicted molar refractivity (Wildman–Crippen MR) is 96.2 cm³/mol. The molecule has 6 nitrogen and oxygen atoms in total. The molecular formula is C19H19N3O3. The predicted octanol–water partition coefficient (Wildman–Crippen LogP) is 3.23. The number of aryl methyl sites for hydroxylation is 1. The Balaban J connectivity index is 1.59. The number of anilines is 2. The molecule has 0 spiro atoms. The molecule has 0 radical (unpaired) electrons. The summed E-state index contributed by atoms with van der Waals surface area (Å²) in [5.41, 5.74) is 3.72. The van der Waals surface area contributed by atoms with Crippen molar-refractivity contribution in [3.05, 3.63) is 53.9 Å². The number of rotatable bonds is 3. The lowest BCUT2D eigenvalue weighted by molar-refractivity contribution is 0.102. The Morgan fingerprint density at radius 2 is 1.96 bits per heavy atom. The van der Waals surface area contributed by atoms with E-state index in [9.17, 15) is 4.79 Å². The number of para-hydroxylation sites is 2. The van der Waals surface area contributed by atoms with Gasteiger partial charge < -0.3 is 19.4 Å². The Hall–Kier alpha value is -2.86. The molecule has 25 heavy (non-hydrogen) atoms. The van der Waals surface area contributed by atoms with Gasteiger partial charge in [0, 0.05) is 25.6 Å². The number of fused-ring (bicyclic) bond motifs is 1. The third kappa shape index (κ3) is 3.21. The summed E-state index contributed by atoms with van der Waals surface area (Å²) >= 11 is 0. The van der Waals surface area contributed by atoms with Gasteiger partial charge in [0.15, 0.2) is 11.5 Å². The fourth-order valence-electron chi connectivity index (χ4n) is 3.03. The zero-order valence-corrected chi connectivity index (χ0v) is 14.0. The Bertz CT molecular complexity index is 913. The van der Waals surface area contributed by atoms with Gasteiger partial charge in [0.1, 0.15) is 5.52 Å². The highest BCUT2D eigenvalue weighted by Gasteiger charge is 2.17. The van der Waals surface area contributed by atoms with E-state index in [1.807, 2.05) is 24.3 Å². The van der Waals surface area contributed by atoms with Crippen LogP contribution in [-0.4, -0.2) is 37.2 Å². The summed E-state index contributed by atoms with van der Waals surface area (Å²) in [4.78, 5) is 19.2. The smallest absolute Gasteiger partial charge is 0.255 e. The second-order valence-corrected chi connectivity index (χ2v) is 5.99. The Morgan fingerprint density at radius 3 is 2.80 bits per heavy atom. The first-order valence-electron chi connectivity index (χ1n) is 8.31. The molecule has 1 saturated heterocycles. The maximum absolute atomic E-state index is 12.7. The van der Waals surface area contributed by atoms with E-state index in [1.54, 1.807) is 25.1 Å². The standard InChI is InChI=1S/C19H19N3O3/c1-13-20-16-7-6-14(12-18(16)25-13)19(23)21-15-4-2-3-5-17(15)22-8-10-24-11-9-22/h2-7,12H,8-11H2,1H3,(H,21,23). The maximum Gasteiger partial charge on any atom is 0.255 e. The first kappa shape index (κ1) is 15.7. The van der Waals surface area contributed by atoms with Gasteiger partial charge in [0.05, 0.1) is 24.6 Å². The minimum absolute atomic E-state index is 0.170. The van der Waals surface area contributed by atoms with Crippen LogP contribution in [0.15, 0.2) is 46.9 Å². The number of morpholine rings is 1. The fourth-order valence-corrected chi connectivity index (χ4v) is 3.03. The fraction of sp³-hybridized carbons (Fsp3) is 0.263. The second-order valence-electron chi connectivity index (χ2n) is 5.99. The molecule has 4 rings (SSSR count). The molecule has 128 valence electrons. The number of ether oxygens (including phenoxy) is 1. The van der Waals surface area contributed by atoms with Crippen molar-refractivity contribution in [2.24, 2.45) is 0 Å². The van der Waals surface area contributed by atoms with Crippen LogP contribution in [-0.2, 0) is 4.74 Å². The molecule has 2 aromatic carbocycles. The molecule has 1 fully saturated rings. The summed E-state index contributed by atoms with van der Waals surface area (Å²) < 4.78 is 10.9. The number of aromatic nitrogens is 1. The molecule has 3 aromatic rings. The lowest BCUT2D eigenvalue weighted by Crippen LogP contribution is -2.36. The molecular weight excluding hydrogens is 318 g/mol. The van der Waals surface area contributed by atoms with Crippen LogP contribution in [0.5, 0.6) is 0 Å². The number of benzene rings is 2. The largest absolute Gasteiger partial charge is 0.441 e. The number of hydrogen-bond acceptors (Lipinski definition) is 5. The number of amides is 1. The Morgan fingerprint density at radius 1 is 1.16 bits per heavy atom. The van der Waals surface area contributed by atoms with E-state index >= 15 is 0 Å². The summed E-state index contributed by atoms with van der Waals surface area (Å²) in [5, 5.41) is 3.01. The zero-order chi connectivity index (χ0) is 17.2. The van der Waals surface area contributed by atoms with Crippen LogP contribution < -0.4 is 10.2 Å². The number of carbonyl (C=O) groups excluding carboxylic acids is 1. The van der Waals surface area contributed by atoms with Gasteiger partial charge in [-0.3, -0.25) is 4.79 Å². The van der Waals surface area contributed by atoms with Crippen molar-refractivity contribution in [2.45, 2.75) is 6.92 Å². The molecule has 1 N–H and O–H groups in total. The van der Waals surface area contributed by atoms with Crippen molar-refractivity contribution in [1.29, 1.82) is 0 Å². The normalized spacial score (nSPS) is 14.7. The van der Waals surface area contributed by atoms with Gasteiger partial charge in [-0.2, -0.15) is 0 Å². The van der Waals surface area contributed by atoms with Crippen LogP contribution in [0, 0.1) is 6.92 Å². The van der Waals surface area contributed by atoms with E-state index in [1.165, 1.54) is 0 Å². The number of hydrogen-bond donors (Lipinski definition) is 1. The van der Waals surface area contributed by atoms with Crippen LogP contribution in [0.25, 0.3) is 11.1 Å². The molecule has 1 aliphatic heterocycles. The quantitative estimate of drug-likeness (QED) is 0.795. The molecule has 2 heterocycles. The number of oxazole rings is 1. The van der Waals surface area contributed by atoms with Crippen LogP contribution in [0.4, 0.5) is 11.4 Å². The van der Waals surface area contributed by atoms with E-state index in [0.717, 1.165) is 30.0 Å². The minimum Gasteiger partial charge on any atom is -0.441 e. The monoisotopic (exact) mass is 337 g/mol. The third-order valence-corrected chi connectivity index (χ3v) is 4.26. The van der Waals surface area contributed by atoms with Crippen LogP contribution in [0.1, 0.15) is 16.2 Å². The Labute approximate surface area is 145 Å². The molecule has 0 atom stereocenters. The summed E-state index contributed by atoms with van der Waals surface area (Å²) in [6.45, 7) is 4.82. The van der Waals surface area contributed by atoms with Gasteiger partial charge in [-0.05, 0) is 30.3 Å². The summed E-state index contributed by atoms with van der Waals surface area (Å²) in [6.07, 6.45) is 0. The van der Waals surface area contributed by atoms with Gasteiger partial charge in [-0.25, -0.2) is 4.98 Å². The van der Waals surface area contributed by atoms with Gasteiger partial charge in [0.25, 0.3) is 5.91 Å². The van der Waals surface area contributed by atoms with Gasteiger partial charge >= 0.3 is 0 Å². The van der Waals surface area contributed by atoms with E-state index in [4.69, 9.17) is 9.15 Å². The zero-order valence-electron chi connectivity index (χ0n) is 14.0. The minimum atomic E-state index is -0.170. The first-order chi connectivity index (χ1) is 12.2. The molecule has 0 unspecified atom stereocenters. The van der Waals surface area contributed by atoms with Gasteiger partial charge in [-0.1, -0.05) is 12.1 Å². The van der Waals surface area contributed by atoms with Crippen LogP contribution >= 0.6 is 0 Å². The number of carbonyl (C=O) groups is 1. The average Bonchev–Trinajstić information content (AvgIpc) is 3.02. The molecule has 1 amide bonds. The summed E-state index contributed by atoms with van der Waals surface area (Å²) in [6, 6.07) is 13.1. The highest BCUT2D eigenvalue weighted by molar-refractivity contribution is 6.07. The summed E-state index contributed by atoms with van der Waals surface area (Å²) in [7, 11) is 0. The van der Waals surface area contributed by atoms with Crippen molar-refractivity contribution in [2.75, 3.05) is 36.5 Å². The number of nitrogens with one attached hydrogen (secondary N) is 1. The molecule has 0 aliphatic carbocycles. The third-order valence-electron chi connectivity index (χ3n) is 4.26. The second kappa shape index (κ2) is 6.57. The molecule has 1 aliphatic rings. The average molecular weight is 337 g/mol. The van der Waals surface area contributed by atoms with Crippen molar-refractivity contribution in [1.82, 2.24) is 4.98 Å². The maximum atomic E-state index is 12.7. The topological polar surface area (TPSA) is 67.6 Å². The summed E-state index contributed by atoms with van der Waals surface area (Å²) in [5.74, 6) is 0.418. The van der Waals surface area contributed by atoms with E-state index < -0.39 is 0 Å². The molecule has 6 heteroatoms. The first-order valence-corrected chi connectivity index (χ1v) is 8.31. The SMILES string of the molecule is Cc1nc2ccc(C(=O)Nc3ccccc3N3CCOCC3)cc2o1. The lowest BCUT2D eigenvalue weighted by atomic mass is 10.1. The molecule has 0 saturated carbocycles. The van der Waals surface area contributed by atoms with E-state index in [0.29, 0.717) is 30.3 Å². The van der Waals surface area contributed by atoms with Crippen molar-refractivity contribution >= 4 is 28.4 Å². The highest BCUT2D eigenvalue weighted by Crippen LogP contribution is 2.27. The molecule has 1 aromatic heterocycles. The lowest BCUT2D eigenvalue weighted by Gasteiger charge is -2.30. The van der Waals surface area contributed by atoms with Crippen LogP contribution in [0.2, 0.25) is 0 Å². The van der Waals surface area contributed by atoms with Crippen molar-refractivity contribution < 1.29 is 13.9 Å². The van der Waals surface area contributed by atoms with E-state index in [2.05, 4.69) is 15.2 Å². The van der Waals surface area contributed by atoms with Gasteiger partial charge in [0.2, 0.25) is 0 Å². The molecule has 0 bridgehead atoms. The Kier molecular flexibility index (Phi) is 4.11. The van der Waals surface area contributed by atoms with Crippen LogP contribution in [0.3, 0.4) is 0 Å². The number of nitrogens with zero attached hydrogens (tertiary/aromatic N) is 2. The highest BCUT2D eigenvalue weighted by atomic mass is 16.5. The van der Waals surface area contributed by atoms with Gasteiger partial charge in [-0.15, -0.1) is 0 Å². The van der Waals surface area contributed by atoms with Crippen molar-refractivity contribution in [3.63, 3.8) is 0 Å². The van der Waals surface area contributed by atoms with Crippen molar-refractivity contribution in [3.8, 4) is 0 Å². The van der Waals surface area contributed by atoms with E-state index in [-0.39, 0.29) is 5.91 Å².